The smallest absolute Gasteiger partial charge is 0.254 e. The summed E-state index contributed by atoms with van der Waals surface area (Å²) in [7, 11) is 3.91. The SMILES string of the molecule is CCCN(CCN(C)C)C(=O)c1cc(O)cc(O)c1. The first-order valence-corrected chi connectivity index (χ1v) is 6.41. The van der Waals surface area contributed by atoms with Crippen molar-refractivity contribution in [3.8, 4) is 11.5 Å². The van der Waals surface area contributed by atoms with Gasteiger partial charge in [0.25, 0.3) is 5.91 Å². The van der Waals surface area contributed by atoms with E-state index >= 15 is 0 Å². The predicted octanol–water partition coefficient (Wildman–Crippen LogP) is 1.51. The average molecular weight is 266 g/mol. The highest BCUT2D eigenvalue weighted by atomic mass is 16.3. The summed E-state index contributed by atoms with van der Waals surface area (Å²) in [6.07, 6.45) is 0.865. The van der Waals surface area contributed by atoms with Gasteiger partial charge in [0.2, 0.25) is 0 Å². The molecule has 5 nitrogen and oxygen atoms in total. The molecule has 0 radical (unpaired) electrons. The first-order chi connectivity index (χ1) is 8.93. The lowest BCUT2D eigenvalue weighted by molar-refractivity contribution is 0.0744. The maximum atomic E-state index is 12.3. The molecule has 0 bridgehead atoms. The third-order valence-corrected chi connectivity index (χ3v) is 2.75. The van der Waals surface area contributed by atoms with Crippen LogP contribution in [0.5, 0.6) is 11.5 Å². The number of phenolic OH excluding ortho intramolecular Hbond substituents is 2. The summed E-state index contributed by atoms with van der Waals surface area (Å²) in [6, 6.07) is 3.96. The van der Waals surface area contributed by atoms with Crippen LogP contribution in [0, 0.1) is 0 Å². The van der Waals surface area contributed by atoms with E-state index in [1.807, 2.05) is 25.9 Å². The molecular formula is C14H22N2O3. The van der Waals surface area contributed by atoms with E-state index in [2.05, 4.69) is 0 Å². The van der Waals surface area contributed by atoms with Gasteiger partial charge < -0.3 is 20.0 Å². The predicted molar refractivity (Wildman–Crippen MR) is 74.5 cm³/mol. The Hall–Kier alpha value is -1.75. The normalized spacial score (nSPS) is 10.7. The van der Waals surface area contributed by atoms with Crippen LogP contribution < -0.4 is 0 Å². The van der Waals surface area contributed by atoms with Crippen molar-refractivity contribution in [2.75, 3.05) is 33.7 Å². The largest absolute Gasteiger partial charge is 0.508 e. The Morgan fingerprint density at radius 1 is 1.05 bits per heavy atom. The second-order valence-electron chi connectivity index (χ2n) is 4.83. The number of hydrogen-bond donors (Lipinski definition) is 2. The maximum absolute atomic E-state index is 12.3. The number of amides is 1. The molecule has 0 unspecified atom stereocenters. The van der Waals surface area contributed by atoms with Crippen molar-refractivity contribution >= 4 is 5.91 Å². The van der Waals surface area contributed by atoms with Crippen LogP contribution in [-0.2, 0) is 0 Å². The molecule has 19 heavy (non-hydrogen) atoms. The lowest BCUT2D eigenvalue weighted by Crippen LogP contribution is -2.37. The molecule has 1 aromatic rings. The van der Waals surface area contributed by atoms with Crippen LogP contribution in [0.3, 0.4) is 0 Å². The van der Waals surface area contributed by atoms with Crippen molar-refractivity contribution in [3.63, 3.8) is 0 Å². The van der Waals surface area contributed by atoms with E-state index in [9.17, 15) is 15.0 Å². The third-order valence-electron chi connectivity index (χ3n) is 2.75. The van der Waals surface area contributed by atoms with Crippen molar-refractivity contribution in [3.05, 3.63) is 23.8 Å². The van der Waals surface area contributed by atoms with Gasteiger partial charge in [-0.05, 0) is 32.6 Å². The summed E-state index contributed by atoms with van der Waals surface area (Å²) in [6.45, 7) is 4.06. The van der Waals surface area contributed by atoms with Crippen LogP contribution >= 0.6 is 0 Å². The third kappa shape index (κ3) is 4.79. The van der Waals surface area contributed by atoms with E-state index < -0.39 is 0 Å². The Morgan fingerprint density at radius 3 is 2.11 bits per heavy atom. The van der Waals surface area contributed by atoms with Crippen LogP contribution in [-0.4, -0.2) is 59.6 Å². The zero-order valence-corrected chi connectivity index (χ0v) is 11.8. The molecule has 0 saturated carbocycles. The second-order valence-corrected chi connectivity index (χ2v) is 4.83. The molecule has 0 atom stereocenters. The number of carbonyl (C=O) groups excluding carboxylic acids is 1. The van der Waals surface area contributed by atoms with Crippen LogP contribution in [0.25, 0.3) is 0 Å². The summed E-state index contributed by atoms with van der Waals surface area (Å²) >= 11 is 0. The molecule has 0 heterocycles. The summed E-state index contributed by atoms with van der Waals surface area (Å²) in [5.41, 5.74) is 0.310. The minimum atomic E-state index is -0.171. The van der Waals surface area contributed by atoms with Crippen LogP contribution in [0.1, 0.15) is 23.7 Å². The number of benzene rings is 1. The number of carbonyl (C=O) groups is 1. The van der Waals surface area contributed by atoms with Crippen LogP contribution in [0.4, 0.5) is 0 Å². The molecule has 5 heteroatoms. The number of rotatable bonds is 6. The monoisotopic (exact) mass is 266 g/mol. The van der Waals surface area contributed by atoms with Crippen molar-refractivity contribution in [2.24, 2.45) is 0 Å². The molecule has 1 amide bonds. The summed E-state index contributed by atoms with van der Waals surface area (Å²) in [4.78, 5) is 16.1. The van der Waals surface area contributed by atoms with Gasteiger partial charge >= 0.3 is 0 Å². The Morgan fingerprint density at radius 2 is 1.63 bits per heavy atom. The average Bonchev–Trinajstić information content (AvgIpc) is 2.32. The van der Waals surface area contributed by atoms with E-state index in [0.29, 0.717) is 18.7 Å². The zero-order valence-electron chi connectivity index (χ0n) is 11.8. The standard InChI is InChI=1S/C14H22N2O3/c1-4-5-16(7-6-15(2)3)14(19)11-8-12(17)10-13(18)9-11/h8-10,17-18H,4-7H2,1-3H3. The zero-order chi connectivity index (χ0) is 14.4. The minimum Gasteiger partial charge on any atom is -0.508 e. The van der Waals surface area contributed by atoms with E-state index in [4.69, 9.17) is 0 Å². The fourth-order valence-electron chi connectivity index (χ4n) is 1.81. The van der Waals surface area contributed by atoms with Crippen molar-refractivity contribution in [2.45, 2.75) is 13.3 Å². The Kier molecular flexibility index (Phi) is 5.63. The van der Waals surface area contributed by atoms with E-state index in [-0.39, 0.29) is 17.4 Å². The molecule has 0 aromatic heterocycles. The summed E-state index contributed by atoms with van der Waals surface area (Å²) in [5, 5.41) is 18.9. The minimum absolute atomic E-state index is 0.104. The van der Waals surface area contributed by atoms with E-state index in [0.717, 1.165) is 13.0 Å². The highest BCUT2D eigenvalue weighted by Gasteiger charge is 2.16. The molecule has 0 aliphatic heterocycles. The molecule has 0 aliphatic rings. The molecule has 1 aromatic carbocycles. The molecular weight excluding hydrogens is 244 g/mol. The molecule has 0 spiro atoms. The summed E-state index contributed by atoms with van der Waals surface area (Å²) in [5.74, 6) is -0.380. The molecule has 0 aliphatic carbocycles. The first-order valence-electron chi connectivity index (χ1n) is 6.41. The topological polar surface area (TPSA) is 64.0 Å². The summed E-state index contributed by atoms with van der Waals surface area (Å²) < 4.78 is 0. The first kappa shape index (κ1) is 15.3. The van der Waals surface area contributed by atoms with Gasteiger partial charge in [-0.3, -0.25) is 4.79 Å². The fourth-order valence-corrected chi connectivity index (χ4v) is 1.81. The van der Waals surface area contributed by atoms with Gasteiger partial charge in [0.1, 0.15) is 11.5 Å². The Labute approximate surface area is 114 Å². The maximum Gasteiger partial charge on any atom is 0.254 e. The van der Waals surface area contributed by atoms with Gasteiger partial charge in [-0.2, -0.15) is 0 Å². The van der Waals surface area contributed by atoms with Crippen LogP contribution in [0.2, 0.25) is 0 Å². The van der Waals surface area contributed by atoms with Crippen molar-refractivity contribution < 1.29 is 15.0 Å². The van der Waals surface area contributed by atoms with Crippen molar-refractivity contribution in [1.29, 1.82) is 0 Å². The van der Waals surface area contributed by atoms with Gasteiger partial charge in [0.15, 0.2) is 0 Å². The highest BCUT2D eigenvalue weighted by Crippen LogP contribution is 2.21. The second kappa shape index (κ2) is 6.99. The van der Waals surface area contributed by atoms with Gasteiger partial charge in [-0.25, -0.2) is 0 Å². The number of phenols is 2. The van der Waals surface area contributed by atoms with Crippen LogP contribution in [0.15, 0.2) is 18.2 Å². The number of aromatic hydroxyl groups is 2. The van der Waals surface area contributed by atoms with Gasteiger partial charge in [0.05, 0.1) is 0 Å². The number of likely N-dealkylation sites (N-methyl/N-ethyl adjacent to an activating group) is 1. The highest BCUT2D eigenvalue weighted by molar-refractivity contribution is 5.95. The molecule has 106 valence electrons. The fraction of sp³-hybridized carbons (Fsp3) is 0.500. The number of hydrogen-bond acceptors (Lipinski definition) is 4. The quantitative estimate of drug-likeness (QED) is 0.819. The van der Waals surface area contributed by atoms with Gasteiger partial charge in [-0.1, -0.05) is 6.92 Å². The molecule has 0 saturated heterocycles. The van der Waals surface area contributed by atoms with E-state index in [1.54, 1.807) is 4.90 Å². The van der Waals surface area contributed by atoms with Gasteiger partial charge in [-0.15, -0.1) is 0 Å². The Balaban J connectivity index is 2.85. The van der Waals surface area contributed by atoms with Crippen molar-refractivity contribution in [1.82, 2.24) is 9.80 Å². The Bertz CT molecular complexity index is 412. The molecule has 1 rings (SSSR count). The molecule has 2 N–H and O–H groups in total. The number of nitrogens with zero attached hydrogens (tertiary/aromatic N) is 2. The van der Waals surface area contributed by atoms with E-state index in [1.165, 1.54) is 18.2 Å². The lowest BCUT2D eigenvalue weighted by atomic mass is 10.1. The lowest BCUT2D eigenvalue weighted by Gasteiger charge is -2.24. The molecule has 0 fully saturated rings. The van der Waals surface area contributed by atoms with Gasteiger partial charge in [0, 0.05) is 31.3 Å².